The summed E-state index contributed by atoms with van der Waals surface area (Å²) in [5.74, 6) is -0.951. The predicted octanol–water partition coefficient (Wildman–Crippen LogP) is 1.41. The number of ether oxygens (including phenoxy) is 1. The molecular weight excluding hydrogens is 244 g/mol. The highest BCUT2D eigenvalue weighted by Gasteiger charge is 2.08. The molecule has 0 spiro atoms. The van der Waals surface area contributed by atoms with E-state index in [1.165, 1.54) is 19.4 Å². The number of carbonyl (C=O) groups excluding carboxylic acids is 2. The summed E-state index contributed by atoms with van der Waals surface area (Å²) in [6.07, 6.45) is 4.54. The molecule has 17 heavy (non-hydrogen) atoms. The number of nitrogens with zero attached hydrogens (tertiary/aromatic N) is 1. The van der Waals surface area contributed by atoms with Crippen molar-refractivity contribution in [1.82, 2.24) is 4.98 Å². The van der Waals surface area contributed by atoms with Crippen LogP contribution >= 0.6 is 11.6 Å². The maximum atomic E-state index is 11.3. The molecule has 2 N–H and O–H groups in total. The smallest absolute Gasteiger partial charge is 0.339 e. The third-order valence-corrected chi connectivity index (χ3v) is 2.22. The molecule has 0 radical (unpaired) electrons. The van der Waals surface area contributed by atoms with Crippen molar-refractivity contribution < 1.29 is 14.3 Å². The Labute approximate surface area is 103 Å². The first-order valence-electron chi connectivity index (χ1n) is 4.73. The SMILES string of the molecule is COC(=O)c1cnc(Cl)c(C=CCC(N)=O)c1. The molecule has 0 aromatic carbocycles. The Kier molecular flexibility index (Phi) is 4.66. The van der Waals surface area contributed by atoms with Gasteiger partial charge in [0.15, 0.2) is 0 Å². The van der Waals surface area contributed by atoms with Crippen LogP contribution in [-0.4, -0.2) is 24.0 Å². The lowest BCUT2D eigenvalue weighted by Crippen LogP contribution is -2.08. The molecule has 0 fully saturated rings. The Morgan fingerprint density at radius 1 is 1.59 bits per heavy atom. The van der Waals surface area contributed by atoms with E-state index in [4.69, 9.17) is 17.3 Å². The zero-order valence-corrected chi connectivity index (χ0v) is 9.90. The number of nitrogens with two attached hydrogens (primary N) is 1. The quantitative estimate of drug-likeness (QED) is 0.651. The number of primary amides is 1. The molecule has 1 heterocycles. The number of amides is 1. The second kappa shape index (κ2) is 6.00. The Bertz CT molecular complexity index is 472. The first kappa shape index (κ1) is 13.2. The Hall–Kier alpha value is -1.88. The number of methoxy groups -OCH3 is 1. The average Bonchev–Trinajstić information content (AvgIpc) is 2.30. The van der Waals surface area contributed by atoms with Crippen LogP contribution in [0.2, 0.25) is 5.15 Å². The molecule has 1 rings (SSSR count). The molecule has 0 bridgehead atoms. The molecular formula is C11H11ClN2O3. The topological polar surface area (TPSA) is 82.3 Å². The lowest BCUT2D eigenvalue weighted by atomic mass is 10.2. The number of esters is 1. The maximum absolute atomic E-state index is 11.3. The molecule has 0 saturated heterocycles. The Balaban J connectivity index is 2.94. The lowest BCUT2D eigenvalue weighted by Gasteiger charge is -2.01. The molecule has 0 aliphatic carbocycles. The van der Waals surface area contributed by atoms with E-state index < -0.39 is 11.9 Å². The highest BCUT2D eigenvalue weighted by Crippen LogP contribution is 2.16. The molecule has 0 atom stereocenters. The molecule has 0 aliphatic heterocycles. The van der Waals surface area contributed by atoms with Gasteiger partial charge in [-0.25, -0.2) is 9.78 Å². The summed E-state index contributed by atoms with van der Waals surface area (Å²) in [4.78, 5) is 25.6. The lowest BCUT2D eigenvalue weighted by molar-refractivity contribution is -0.117. The second-order valence-corrected chi connectivity index (χ2v) is 3.53. The third-order valence-electron chi connectivity index (χ3n) is 1.90. The van der Waals surface area contributed by atoms with Gasteiger partial charge in [-0.05, 0) is 6.07 Å². The van der Waals surface area contributed by atoms with Crippen LogP contribution in [0.15, 0.2) is 18.3 Å². The van der Waals surface area contributed by atoms with Crippen LogP contribution in [0.5, 0.6) is 0 Å². The fourth-order valence-corrected chi connectivity index (χ4v) is 1.28. The van der Waals surface area contributed by atoms with Crippen LogP contribution in [0, 0.1) is 0 Å². The number of carbonyl (C=O) groups is 2. The number of rotatable bonds is 4. The van der Waals surface area contributed by atoms with Gasteiger partial charge in [0.25, 0.3) is 0 Å². The fourth-order valence-electron chi connectivity index (χ4n) is 1.11. The minimum atomic E-state index is -0.501. The van der Waals surface area contributed by atoms with E-state index in [9.17, 15) is 9.59 Å². The van der Waals surface area contributed by atoms with Crippen LogP contribution in [0.25, 0.3) is 6.08 Å². The van der Waals surface area contributed by atoms with Crippen molar-refractivity contribution in [2.24, 2.45) is 5.73 Å². The van der Waals surface area contributed by atoms with Gasteiger partial charge in [0.2, 0.25) is 5.91 Å². The van der Waals surface area contributed by atoms with Crippen LogP contribution in [-0.2, 0) is 9.53 Å². The molecule has 90 valence electrons. The van der Waals surface area contributed by atoms with E-state index in [-0.39, 0.29) is 17.1 Å². The minimum Gasteiger partial charge on any atom is -0.465 e. The molecule has 0 unspecified atom stereocenters. The van der Waals surface area contributed by atoms with Crippen molar-refractivity contribution >= 4 is 29.6 Å². The zero-order valence-electron chi connectivity index (χ0n) is 9.14. The standard InChI is InChI=1S/C11H11ClN2O3/c1-17-11(16)8-5-7(10(12)14-6-8)3-2-4-9(13)15/h2-3,5-6H,4H2,1H3,(H2,13,15). The highest BCUT2D eigenvalue weighted by atomic mass is 35.5. The Morgan fingerprint density at radius 2 is 2.29 bits per heavy atom. The van der Waals surface area contributed by atoms with E-state index in [2.05, 4.69) is 9.72 Å². The van der Waals surface area contributed by atoms with Gasteiger partial charge < -0.3 is 10.5 Å². The molecule has 1 aromatic heterocycles. The number of pyridine rings is 1. The van der Waals surface area contributed by atoms with E-state index in [0.29, 0.717) is 5.56 Å². The molecule has 0 aliphatic rings. The molecule has 6 heteroatoms. The third kappa shape index (κ3) is 3.88. The molecule has 5 nitrogen and oxygen atoms in total. The predicted molar refractivity (Wildman–Crippen MR) is 63.4 cm³/mol. The van der Waals surface area contributed by atoms with Gasteiger partial charge in [-0.3, -0.25) is 4.79 Å². The summed E-state index contributed by atoms with van der Waals surface area (Å²) in [6, 6.07) is 1.53. The number of hydrogen-bond acceptors (Lipinski definition) is 4. The normalized spacial score (nSPS) is 10.5. The average molecular weight is 255 g/mol. The van der Waals surface area contributed by atoms with Gasteiger partial charge in [0, 0.05) is 18.2 Å². The van der Waals surface area contributed by atoms with Crippen molar-refractivity contribution in [2.75, 3.05) is 7.11 Å². The summed E-state index contributed by atoms with van der Waals surface area (Å²) in [7, 11) is 1.28. The van der Waals surface area contributed by atoms with Crippen LogP contribution < -0.4 is 5.73 Å². The van der Waals surface area contributed by atoms with Gasteiger partial charge in [-0.15, -0.1) is 0 Å². The summed E-state index contributed by atoms with van der Waals surface area (Å²) in [6.45, 7) is 0. The first-order valence-corrected chi connectivity index (χ1v) is 5.11. The highest BCUT2D eigenvalue weighted by molar-refractivity contribution is 6.30. The summed E-state index contributed by atoms with van der Waals surface area (Å²) in [5, 5.41) is 0.235. The van der Waals surface area contributed by atoms with Crippen LogP contribution in [0.3, 0.4) is 0 Å². The maximum Gasteiger partial charge on any atom is 0.339 e. The van der Waals surface area contributed by atoms with Crippen molar-refractivity contribution in [1.29, 1.82) is 0 Å². The van der Waals surface area contributed by atoms with E-state index in [1.807, 2.05) is 0 Å². The first-order chi connectivity index (χ1) is 8.04. The van der Waals surface area contributed by atoms with Gasteiger partial charge >= 0.3 is 5.97 Å². The van der Waals surface area contributed by atoms with Gasteiger partial charge in [0.1, 0.15) is 5.15 Å². The molecule has 0 saturated carbocycles. The summed E-state index contributed by atoms with van der Waals surface area (Å²) < 4.78 is 4.55. The summed E-state index contributed by atoms with van der Waals surface area (Å²) >= 11 is 5.83. The van der Waals surface area contributed by atoms with Gasteiger partial charge in [0.05, 0.1) is 12.7 Å². The fraction of sp³-hybridized carbons (Fsp3) is 0.182. The minimum absolute atomic E-state index is 0.0960. The Morgan fingerprint density at radius 3 is 2.88 bits per heavy atom. The molecule has 1 amide bonds. The van der Waals surface area contributed by atoms with E-state index >= 15 is 0 Å². The van der Waals surface area contributed by atoms with Crippen LogP contribution in [0.4, 0.5) is 0 Å². The van der Waals surface area contributed by atoms with Gasteiger partial charge in [-0.1, -0.05) is 23.8 Å². The van der Waals surface area contributed by atoms with Crippen molar-refractivity contribution in [2.45, 2.75) is 6.42 Å². The summed E-state index contributed by atoms with van der Waals surface area (Å²) in [5.41, 5.74) is 5.79. The molecule has 1 aromatic rings. The number of halogens is 1. The number of aromatic nitrogens is 1. The van der Waals surface area contributed by atoms with Crippen molar-refractivity contribution in [3.05, 3.63) is 34.6 Å². The second-order valence-electron chi connectivity index (χ2n) is 3.17. The zero-order chi connectivity index (χ0) is 12.8. The van der Waals surface area contributed by atoms with E-state index in [0.717, 1.165) is 0 Å². The number of hydrogen-bond donors (Lipinski definition) is 1. The monoisotopic (exact) mass is 254 g/mol. The van der Waals surface area contributed by atoms with Crippen LogP contribution in [0.1, 0.15) is 22.3 Å². The van der Waals surface area contributed by atoms with Gasteiger partial charge in [-0.2, -0.15) is 0 Å². The largest absolute Gasteiger partial charge is 0.465 e. The van der Waals surface area contributed by atoms with Crippen molar-refractivity contribution in [3.8, 4) is 0 Å². The van der Waals surface area contributed by atoms with Crippen molar-refractivity contribution in [3.63, 3.8) is 0 Å². The van der Waals surface area contributed by atoms with E-state index in [1.54, 1.807) is 12.2 Å².